The second kappa shape index (κ2) is 8.79. The smallest absolute Gasteiger partial charge is 0.0624 e. The Labute approximate surface area is 180 Å². The molecule has 1 N–H and O–H groups in total. The highest BCUT2D eigenvalue weighted by Gasteiger charge is 2.31. The summed E-state index contributed by atoms with van der Waals surface area (Å²) in [7, 11) is 0. The third-order valence-electron chi connectivity index (χ3n) is 6.42. The first-order valence-electron chi connectivity index (χ1n) is 11.3. The molecule has 3 atom stereocenters. The van der Waals surface area contributed by atoms with E-state index in [1.807, 2.05) is 0 Å². The van der Waals surface area contributed by atoms with E-state index < -0.39 is 0 Å². The summed E-state index contributed by atoms with van der Waals surface area (Å²) in [6, 6.07) is 11.0. The van der Waals surface area contributed by atoms with Gasteiger partial charge in [0.2, 0.25) is 0 Å². The van der Waals surface area contributed by atoms with Gasteiger partial charge in [-0.15, -0.1) is 0 Å². The number of fused-ring (bicyclic) bond motifs is 3. The number of allylic oxidation sites excluding steroid dienone is 8. The molecule has 2 aliphatic heterocycles. The molecular weight excluding hydrogens is 364 g/mol. The van der Waals surface area contributed by atoms with Crippen molar-refractivity contribution in [2.75, 3.05) is 11.4 Å². The molecule has 0 spiro atoms. The van der Waals surface area contributed by atoms with Crippen LogP contribution in [-0.4, -0.2) is 12.6 Å². The number of para-hydroxylation sites is 1. The van der Waals surface area contributed by atoms with Crippen molar-refractivity contribution in [2.24, 2.45) is 11.8 Å². The molecule has 4 aliphatic rings. The van der Waals surface area contributed by atoms with Crippen LogP contribution in [-0.2, 0) is 0 Å². The van der Waals surface area contributed by atoms with Crippen molar-refractivity contribution in [3.8, 4) is 0 Å². The minimum absolute atomic E-state index is 0.335. The maximum Gasteiger partial charge on any atom is 0.0624 e. The Morgan fingerprint density at radius 1 is 0.933 bits per heavy atom. The molecule has 0 amide bonds. The van der Waals surface area contributed by atoms with Gasteiger partial charge in [0.25, 0.3) is 0 Å². The van der Waals surface area contributed by atoms with E-state index in [1.165, 1.54) is 41.8 Å². The van der Waals surface area contributed by atoms with Crippen LogP contribution in [0.1, 0.15) is 25.7 Å². The molecule has 2 aliphatic carbocycles. The fourth-order valence-electron chi connectivity index (χ4n) is 4.76. The minimum atomic E-state index is 0.335. The zero-order valence-electron chi connectivity index (χ0n) is 17.5. The Bertz CT molecular complexity index is 971. The maximum atomic E-state index is 3.75. The second-order valence-electron chi connectivity index (χ2n) is 8.48. The largest absolute Gasteiger partial charge is 0.385 e. The highest BCUT2D eigenvalue weighted by atomic mass is 15.2. The van der Waals surface area contributed by atoms with E-state index in [1.54, 1.807) is 0 Å². The summed E-state index contributed by atoms with van der Waals surface area (Å²) >= 11 is 0. The number of rotatable bonds is 1. The average molecular weight is 395 g/mol. The van der Waals surface area contributed by atoms with Gasteiger partial charge in [0, 0.05) is 36.0 Å². The molecule has 3 unspecified atom stereocenters. The normalized spacial score (nSPS) is 30.7. The molecule has 30 heavy (non-hydrogen) atoms. The third kappa shape index (κ3) is 4.00. The predicted octanol–water partition coefficient (Wildman–Crippen LogP) is 6.22. The van der Waals surface area contributed by atoms with Crippen LogP contribution in [0.2, 0.25) is 0 Å². The molecule has 5 rings (SSSR count). The average Bonchev–Trinajstić information content (AvgIpc) is 3.20. The van der Waals surface area contributed by atoms with Gasteiger partial charge in [-0.25, -0.2) is 0 Å². The van der Waals surface area contributed by atoms with E-state index in [-0.39, 0.29) is 0 Å². The van der Waals surface area contributed by atoms with Crippen molar-refractivity contribution in [3.63, 3.8) is 0 Å². The molecule has 0 radical (unpaired) electrons. The highest BCUT2D eigenvalue weighted by molar-refractivity contribution is 5.59. The number of nitrogens with one attached hydrogen (secondary N) is 1. The van der Waals surface area contributed by atoms with Crippen LogP contribution in [0.4, 0.5) is 5.69 Å². The molecule has 0 bridgehead atoms. The van der Waals surface area contributed by atoms with E-state index in [0.717, 1.165) is 13.0 Å². The fourth-order valence-corrected chi connectivity index (χ4v) is 4.76. The Morgan fingerprint density at radius 3 is 2.80 bits per heavy atom. The van der Waals surface area contributed by atoms with Gasteiger partial charge in [0.15, 0.2) is 0 Å². The number of hydrogen-bond acceptors (Lipinski definition) is 2. The Hall–Kier alpha value is -3.00. The summed E-state index contributed by atoms with van der Waals surface area (Å²) in [5.41, 5.74) is 5.26. The van der Waals surface area contributed by atoms with Gasteiger partial charge in [0.1, 0.15) is 0 Å². The topological polar surface area (TPSA) is 15.3 Å². The molecule has 2 heteroatoms. The first kappa shape index (κ1) is 19.0. The molecule has 2 nitrogen and oxygen atoms in total. The standard InChI is InChI=1S/C28H30N2/c1-2-5-11-22-12-8-9-13-23(22)19-25-21-28-24(20-27(25)29-17-10-3-1)16-18-30(28)26-14-6-4-7-15-26/h2,4-9,12-16,18-22,24,28-29H,1,3,10-11,17H2/b5-2-,23-19+. The highest BCUT2D eigenvalue weighted by Crippen LogP contribution is 2.36. The van der Waals surface area contributed by atoms with Crippen molar-refractivity contribution in [3.05, 3.63) is 114 Å². The van der Waals surface area contributed by atoms with Crippen molar-refractivity contribution in [2.45, 2.75) is 31.7 Å². The zero-order chi connectivity index (χ0) is 20.2. The molecule has 0 saturated carbocycles. The molecule has 0 saturated heterocycles. The van der Waals surface area contributed by atoms with Crippen LogP contribution in [0, 0.1) is 11.8 Å². The molecule has 152 valence electrons. The van der Waals surface area contributed by atoms with E-state index in [2.05, 4.69) is 108 Å². The second-order valence-corrected chi connectivity index (χ2v) is 8.48. The summed E-state index contributed by atoms with van der Waals surface area (Å²) in [5.74, 6) is 0.864. The molecule has 0 aromatic heterocycles. The Kier molecular flexibility index (Phi) is 5.56. The van der Waals surface area contributed by atoms with E-state index >= 15 is 0 Å². The summed E-state index contributed by atoms with van der Waals surface area (Å²) in [5, 5.41) is 3.75. The fraction of sp³-hybridized carbons (Fsp3) is 0.286. The number of hydrogen-bond donors (Lipinski definition) is 1. The lowest BCUT2D eigenvalue weighted by atomic mass is 9.86. The van der Waals surface area contributed by atoms with E-state index in [0.29, 0.717) is 17.9 Å². The van der Waals surface area contributed by atoms with Crippen LogP contribution in [0.25, 0.3) is 0 Å². The maximum absolute atomic E-state index is 3.75. The molecule has 1 aromatic rings. The third-order valence-corrected chi connectivity index (χ3v) is 6.42. The molecular formula is C28H30N2. The van der Waals surface area contributed by atoms with Crippen molar-refractivity contribution in [1.82, 2.24) is 5.32 Å². The van der Waals surface area contributed by atoms with Gasteiger partial charge >= 0.3 is 0 Å². The predicted molar refractivity (Wildman–Crippen MR) is 127 cm³/mol. The first-order valence-corrected chi connectivity index (χ1v) is 11.3. The number of benzene rings is 1. The van der Waals surface area contributed by atoms with Crippen LogP contribution >= 0.6 is 0 Å². The van der Waals surface area contributed by atoms with Crippen molar-refractivity contribution >= 4 is 5.69 Å². The monoisotopic (exact) mass is 394 g/mol. The Balaban J connectivity index is 1.50. The quantitative estimate of drug-likeness (QED) is 0.569. The van der Waals surface area contributed by atoms with Crippen LogP contribution in [0.3, 0.4) is 0 Å². The van der Waals surface area contributed by atoms with Crippen molar-refractivity contribution < 1.29 is 0 Å². The zero-order valence-corrected chi connectivity index (χ0v) is 17.5. The first-order chi connectivity index (χ1) is 14.9. The summed E-state index contributed by atoms with van der Waals surface area (Å²) < 4.78 is 0. The summed E-state index contributed by atoms with van der Waals surface area (Å²) in [6.07, 6.45) is 30.3. The van der Waals surface area contributed by atoms with Gasteiger partial charge in [-0.1, -0.05) is 72.9 Å². The van der Waals surface area contributed by atoms with Crippen LogP contribution in [0.15, 0.2) is 114 Å². The van der Waals surface area contributed by atoms with Gasteiger partial charge in [-0.3, -0.25) is 0 Å². The number of anilines is 1. The molecule has 1 aromatic carbocycles. The van der Waals surface area contributed by atoms with Crippen molar-refractivity contribution in [1.29, 1.82) is 0 Å². The van der Waals surface area contributed by atoms with Crippen LogP contribution in [0.5, 0.6) is 0 Å². The Morgan fingerprint density at radius 2 is 1.87 bits per heavy atom. The van der Waals surface area contributed by atoms with E-state index in [9.17, 15) is 0 Å². The summed E-state index contributed by atoms with van der Waals surface area (Å²) in [6.45, 7) is 1.03. The van der Waals surface area contributed by atoms with Gasteiger partial charge in [-0.2, -0.15) is 0 Å². The lowest BCUT2D eigenvalue weighted by Crippen LogP contribution is -2.33. The molecule has 0 fully saturated rings. The van der Waals surface area contributed by atoms with Gasteiger partial charge < -0.3 is 10.2 Å². The molecule has 2 heterocycles. The van der Waals surface area contributed by atoms with Gasteiger partial charge in [-0.05, 0) is 55.0 Å². The summed E-state index contributed by atoms with van der Waals surface area (Å²) in [4.78, 5) is 2.40. The number of nitrogens with zero attached hydrogens (tertiary/aromatic N) is 1. The lowest BCUT2D eigenvalue weighted by Gasteiger charge is -2.31. The van der Waals surface area contributed by atoms with E-state index in [4.69, 9.17) is 0 Å². The van der Waals surface area contributed by atoms with Crippen LogP contribution < -0.4 is 10.2 Å². The SMILES string of the molecule is C1=C/C2=C\C3=CC4C(C=CN4c4ccccc4)C=C3NCCCC/C=C\CC2C=C1. The lowest BCUT2D eigenvalue weighted by molar-refractivity contribution is 0.651. The minimum Gasteiger partial charge on any atom is -0.385 e. The van der Waals surface area contributed by atoms with Gasteiger partial charge in [0.05, 0.1) is 6.04 Å².